The number of nitrogens with zero attached hydrogens (tertiary/aromatic N) is 2. The summed E-state index contributed by atoms with van der Waals surface area (Å²) in [5, 5.41) is 9.86. The van der Waals surface area contributed by atoms with Gasteiger partial charge in [-0.2, -0.15) is 4.98 Å². The Morgan fingerprint density at radius 2 is 2.22 bits per heavy atom. The molecule has 1 aliphatic carbocycles. The lowest BCUT2D eigenvalue weighted by Crippen LogP contribution is -2.40. The lowest BCUT2D eigenvalue weighted by Gasteiger charge is -2.24. The molecule has 1 aromatic heterocycles. The summed E-state index contributed by atoms with van der Waals surface area (Å²) in [6, 6.07) is 0.339. The van der Waals surface area contributed by atoms with E-state index >= 15 is 0 Å². The first-order chi connectivity index (χ1) is 8.65. The fourth-order valence-corrected chi connectivity index (χ4v) is 2.83. The molecule has 7 heteroatoms. The van der Waals surface area contributed by atoms with Crippen LogP contribution in [0.2, 0.25) is 0 Å². The third-order valence-electron chi connectivity index (χ3n) is 3.09. The van der Waals surface area contributed by atoms with Gasteiger partial charge in [0.25, 0.3) is 0 Å². The predicted octanol–water partition coefficient (Wildman–Crippen LogP) is 1.32. The van der Waals surface area contributed by atoms with Crippen LogP contribution >= 0.6 is 11.8 Å². The van der Waals surface area contributed by atoms with Crippen molar-refractivity contribution in [1.29, 1.82) is 0 Å². The van der Waals surface area contributed by atoms with Gasteiger partial charge in [-0.1, -0.05) is 31.0 Å². The number of rotatable bonds is 4. The van der Waals surface area contributed by atoms with Gasteiger partial charge in [-0.3, -0.25) is 4.79 Å². The van der Waals surface area contributed by atoms with Crippen LogP contribution < -0.4 is 11.1 Å². The van der Waals surface area contributed by atoms with Crippen molar-refractivity contribution in [3.05, 3.63) is 0 Å². The molecule has 1 heterocycles. The number of carbonyl (C=O) groups is 1. The van der Waals surface area contributed by atoms with Crippen molar-refractivity contribution in [3.8, 4) is 0 Å². The predicted molar refractivity (Wildman–Crippen MR) is 71.1 cm³/mol. The third kappa shape index (κ3) is 3.63. The van der Waals surface area contributed by atoms with Gasteiger partial charge < -0.3 is 11.1 Å². The zero-order valence-electron chi connectivity index (χ0n) is 10.5. The van der Waals surface area contributed by atoms with E-state index in [4.69, 9.17) is 5.73 Å². The molecule has 0 aromatic carbocycles. The lowest BCUT2D eigenvalue weighted by atomic mass is 9.95. The number of nitrogens with one attached hydrogen (secondary N) is 2. The van der Waals surface area contributed by atoms with Crippen LogP contribution in [0.15, 0.2) is 5.16 Å². The molecule has 4 N–H and O–H groups in total. The van der Waals surface area contributed by atoms with E-state index in [9.17, 15) is 4.79 Å². The topological polar surface area (TPSA) is 96.7 Å². The van der Waals surface area contributed by atoms with Crippen LogP contribution in [0, 0.1) is 0 Å². The Hall–Kier alpha value is -1.24. The Bertz CT molecular complexity index is 402. The quantitative estimate of drug-likeness (QED) is 0.716. The SMILES string of the molecule is C[C@@H](Sc1n[nH]c(N)n1)C(=O)NC1CCCCC1. The molecule has 0 aliphatic heterocycles. The number of H-pyrrole nitrogens is 1. The van der Waals surface area contributed by atoms with Gasteiger partial charge in [-0.15, -0.1) is 5.10 Å². The van der Waals surface area contributed by atoms with E-state index in [1.54, 1.807) is 0 Å². The van der Waals surface area contributed by atoms with Gasteiger partial charge in [0.2, 0.25) is 17.0 Å². The average Bonchev–Trinajstić information content (AvgIpc) is 2.76. The fourth-order valence-electron chi connectivity index (χ4n) is 2.09. The maximum Gasteiger partial charge on any atom is 0.233 e. The van der Waals surface area contributed by atoms with E-state index < -0.39 is 0 Å². The van der Waals surface area contributed by atoms with Crippen molar-refractivity contribution < 1.29 is 4.79 Å². The molecule has 1 aromatic rings. The highest BCUT2D eigenvalue weighted by atomic mass is 32.2. The van der Waals surface area contributed by atoms with Crippen LogP contribution in [-0.2, 0) is 4.79 Å². The van der Waals surface area contributed by atoms with Crippen LogP contribution in [0.25, 0.3) is 0 Å². The largest absolute Gasteiger partial charge is 0.368 e. The van der Waals surface area contributed by atoms with E-state index in [2.05, 4.69) is 20.5 Å². The summed E-state index contributed by atoms with van der Waals surface area (Å²) in [7, 11) is 0. The maximum absolute atomic E-state index is 12.0. The number of nitrogen functional groups attached to an aromatic ring is 1. The van der Waals surface area contributed by atoms with E-state index in [-0.39, 0.29) is 17.1 Å². The summed E-state index contributed by atoms with van der Waals surface area (Å²) in [5.74, 6) is 0.327. The number of nitrogens with two attached hydrogens (primary N) is 1. The van der Waals surface area contributed by atoms with Crippen LogP contribution in [0.4, 0.5) is 5.95 Å². The average molecular weight is 269 g/mol. The number of thioether (sulfide) groups is 1. The van der Waals surface area contributed by atoms with E-state index in [1.807, 2.05) is 6.92 Å². The molecule has 0 radical (unpaired) electrons. The second-order valence-corrected chi connectivity index (χ2v) is 5.91. The molecule has 1 saturated carbocycles. The summed E-state index contributed by atoms with van der Waals surface area (Å²) in [5.41, 5.74) is 5.44. The monoisotopic (exact) mass is 269 g/mol. The number of hydrogen-bond donors (Lipinski definition) is 3. The van der Waals surface area contributed by atoms with Gasteiger partial charge in [0.1, 0.15) is 0 Å². The molecule has 1 atom stereocenters. The Morgan fingerprint density at radius 1 is 1.50 bits per heavy atom. The molecule has 1 amide bonds. The molecular formula is C11H19N5OS. The smallest absolute Gasteiger partial charge is 0.233 e. The number of aromatic amines is 1. The van der Waals surface area contributed by atoms with Gasteiger partial charge in [0.05, 0.1) is 5.25 Å². The molecule has 0 spiro atoms. The maximum atomic E-state index is 12.0. The highest BCUT2D eigenvalue weighted by molar-refractivity contribution is 8.00. The number of aromatic nitrogens is 3. The molecule has 1 aliphatic rings. The Labute approximate surface area is 111 Å². The number of anilines is 1. The van der Waals surface area contributed by atoms with E-state index in [0.717, 1.165) is 12.8 Å². The molecular weight excluding hydrogens is 250 g/mol. The molecule has 1 fully saturated rings. The summed E-state index contributed by atoms with van der Waals surface area (Å²) in [6.45, 7) is 1.86. The lowest BCUT2D eigenvalue weighted by molar-refractivity contribution is -0.121. The van der Waals surface area contributed by atoms with Crippen molar-refractivity contribution in [2.24, 2.45) is 0 Å². The van der Waals surface area contributed by atoms with Crippen molar-refractivity contribution >= 4 is 23.6 Å². The van der Waals surface area contributed by atoms with Gasteiger partial charge in [0, 0.05) is 6.04 Å². The minimum Gasteiger partial charge on any atom is -0.368 e. The van der Waals surface area contributed by atoms with E-state index in [1.165, 1.54) is 31.0 Å². The van der Waals surface area contributed by atoms with Gasteiger partial charge >= 0.3 is 0 Å². The second kappa shape index (κ2) is 6.08. The normalized spacial score (nSPS) is 18.5. The molecule has 100 valence electrons. The Morgan fingerprint density at radius 3 is 2.83 bits per heavy atom. The highest BCUT2D eigenvalue weighted by Gasteiger charge is 2.21. The van der Waals surface area contributed by atoms with Crippen LogP contribution in [0.5, 0.6) is 0 Å². The van der Waals surface area contributed by atoms with Crippen LogP contribution in [0.1, 0.15) is 39.0 Å². The van der Waals surface area contributed by atoms with Gasteiger partial charge in [-0.05, 0) is 19.8 Å². The number of carbonyl (C=O) groups excluding carboxylic acids is 1. The molecule has 0 saturated heterocycles. The van der Waals surface area contributed by atoms with Crippen molar-refractivity contribution in [3.63, 3.8) is 0 Å². The molecule has 6 nitrogen and oxygen atoms in total. The third-order valence-corrected chi connectivity index (χ3v) is 4.05. The fraction of sp³-hybridized carbons (Fsp3) is 0.727. The minimum absolute atomic E-state index is 0.0512. The first kappa shape index (κ1) is 13.2. The summed E-state index contributed by atoms with van der Waals surface area (Å²) in [6.07, 6.45) is 5.90. The molecule has 2 rings (SSSR count). The number of amides is 1. The van der Waals surface area contributed by atoms with Crippen LogP contribution in [-0.4, -0.2) is 32.4 Å². The van der Waals surface area contributed by atoms with Crippen molar-refractivity contribution in [1.82, 2.24) is 20.5 Å². The summed E-state index contributed by atoms with van der Waals surface area (Å²) < 4.78 is 0. The van der Waals surface area contributed by atoms with Crippen molar-refractivity contribution in [2.45, 2.75) is 55.5 Å². The zero-order valence-corrected chi connectivity index (χ0v) is 11.3. The van der Waals surface area contributed by atoms with Gasteiger partial charge in [0.15, 0.2) is 0 Å². The minimum atomic E-state index is -0.206. The first-order valence-electron chi connectivity index (χ1n) is 6.30. The second-order valence-electron chi connectivity index (χ2n) is 4.61. The molecule has 0 bridgehead atoms. The molecule has 0 unspecified atom stereocenters. The molecule has 18 heavy (non-hydrogen) atoms. The standard InChI is InChI=1S/C11H19N5OS/c1-7(18-11-14-10(12)15-16-11)9(17)13-8-5-3-2-4-6-8/h7-8H,2-6H2,1H3,(H,13,17)(H3,12,14,15,16)/t7-/m1/s1. The number of hydrogen-bond acceptors (Lipinski definition) is 5. The zero-order chi connectivity index (χ0) is 13.0. The Balaban J connectivity index is 1.80. The summed E-state index contributed by atoms with van der Waals surface area (Å²) in [4.78, 5) is 16.0. The Kier molecular flexibility index (Phi) is 4.46. The van der Waals surface area contributed by atoms with Crippen molar-refractivity contribution in [2.75, 3.05) is 5.73 Å². The van der Waals surface area contributed by atoms with Crippen LogP contribution in [0.3, 0.4) is 0 Å². The van der Waals surface area contributed by atoms with Gasteiger partial charge in [-0.25, -0.2) is 5.10 Å². The first-order valence-corrected chi connectivity index (χ1v) is 7.18. The van der Waals surface area contributed by atoms with E-state index in [0.29, 0.717) is 11.2 Å². The highest BCUT2D eigenvalue weighted by Crippen LogP contribution is 2.21. The summed E-state index contributed by atoms with van der Waals surface area (Å²) >= 11 is 1.32.